The Labute approximate surface area is 395 Å². The highest BCUT2D eigenvalue weighted by Gasteiger charge is 2.32. The molecule has 2 aromatic heterocycles. The predicted molar refractivity (Wildman–Crippen MR) is 259 cm³/mol. The largest absolute Gasteiger partial charge is 0.492 e. The summed E-state index contributed by atoms with van der Waals surface area (Å²) in [6.45, 7) is 26.6. The van der Waals surface area contributed by atoms with Crippen LogP contribution in [0.1, 0.15) is 114 Å². The van der Waals surface area contributed by atoms with Crippen LogP contribution in [-0.2, 0) is 27.4 Å². The third kappa shape index (κ3) is 15.9. The topological polar surface area (TPSA) is 204 Å². The van der Waals surface area contributed by atoms with E-state index in [1.54, 1.807) is 52.2 Å². The lowest BCUT2D eigenvalue weighted by molar-refractivity contribution is 0.0407. The molecule has 16 heteroatoms. The van der Waals surface area contributed by atoms with Crippen LogP contribution in [0.5, 0.6) is 23.0 Å². The van der Waals surface area contributed by atoms with Crippen molar-refractivity contribution in [1.29, 1.82) is 0 Å². The van der Waals surface area contributed by atoms with Crippen LogP contribution in [0.2, 0.25) is 0 Å². The number of ether oxygens (including phenoxy) is 7. The van der Waals surface area contributed by atoms with E-state index >= 15 is 0 Å². The van der Waals surface area contributed by atoms with Gasteiger partial charge < -0.3 is 44.2 Å². The van der Waals surface area contributed by atoms with Gasteiger partial charge in [0.2, 0.25) is 0 Å². The highest BCUT2D eigenvalue weighted by molar-refractivity contribution is 5.87. The summed E-state index contributed by atoms with van der Waals surface area (Å²) in [5, 5.41) is 8.30. The van der Waals surface area contributed by atoms with Gasteiger partial charge in [-0.2, -0.15) is 0 Å². The summed E-state index contributed by atoms with van der Waals surface area (Å²) in [6, 6.07) is 15.2. The van der Waals surface area contributed by atoms with E-state index in [9.17, 15) is 14.4 Å². The first-order valence-electron chi connectivity index (χ1n) is 22.9. The van der Waals surface area contributed by atoms with Crippen molar-refractivity contribution in [2.24, 2.45) is 17.6 Å². The van der Waals surface area contributed by atoms with Crippen molar-refractivity contribution >= 4 is 29.9 Å². The number of pyridine rings is 2. The van der Waals surface area contributed by atoms with E-state index < -0.39 is 29.4 Å². The number of hydrogen-bond donors (Lipinski definition) is 4. The molecule has 0 saturated heterocycles. The minimum atomic E-state index is -0.619. The Morgan fingerprint density at radius 2 is 1.07 bits per heavy atom. The molecule has 2 aliphatic rings. The summed E-state index contributed by atoms with van der Waals surface area (Å²) in [4.78, 5) is 44.8. The number of amides is 3. The Hall–Kier alpha value is -6.29. The molecule has 0 radical (unpaired) electrons. The van der Waals surface area contributed by atoms with Crippen LogP contribution in [0.15, 0.2) is 60.9 Å². The second kappa shape index (κ2) is 22.0. The molecule has 2 atom stereocenters. The molecule has 0 unspecified atom stereocenters. The fourth-order valence-corrected chi connectivity index (χ4v) is 7.84. The zero-order valence-electron chi connectivity index (χ0n) is 41.4. The molecular formula is C51H70N6O10. The van der Waals surface area contributed by atoms with E-state index in [4.69, 9.17) is 38.9 Å². The van der Waals surface area contributed by atoms with Gasteiger partial charge in [0.15, 0.2) is 0 Å². The molecule has 16 nitrogen and oxygen atoms in total. The Morgan fingerprint density at radius 3 is 1.49 bits per heavy atom. The Morgan fingerprint density at radius 1 is 0.627 bits per heavy atom. The molecule has 2 aromatic carbocycles. The van der Waals surface area contributed by atoms with Crippen LogP contribution >= 0.6 is 0 Å². The SMILES string of the molecule is CC(C)C[C@@](C)(COc1ccc2c(c1)COc1cnc(NC(=O)OC(C)C)cc1-2)NC(=O)OC(C)(C)C.CC(C)C[C@](C)(N)COc1ccc2c(c1)COc1cnc(NC(=O)OC(C)C)cc1-2. The highest BCUT2D eigenvalue weighted by Crippen LogP contribution is 2.41. The standard InChI is InChI=1S/C28H39N3O6.C23H31N3O4/c1-17(2)13-28(8,31-26(33)37-27(5,6)7)16-35-20-9-10-21-19(11-20)15-34-23-14-29-24(12-22(21)23)30-25(32)36-18(3)4;1-14(2)10-23(5,24)13-29-17-6-7-18-16(8-17)12-28-20-11-25-21(9-19(18)20)26-22(27)30-15(3)4/h9-12,14,17-18H,13,15-16H2,1-8H3,(H,31,33)(H,29,30,32);6-9,11,14-15H,10,12-13,24H2,1-5H3,(H,25,26,27)/t28-;23-/m00/s1. The molecule has 6 rings (SSSR count). The van der Waals surface area contributed by atoms with Gasteiger partial charge >= 0.3 is 18.3 Å². The average Bonchev–Trinajstić information content (AvgIpc) is 3.20. The van der Waals surface area contributed by atoms with Crippen molar-refractivity contribution in [3.63, 3.8) is 0 Å². The Bertz CT molecular complexity index is 2360. The molecule has 0 bridgehead atoms. The smallest absolute Gasteiger partial charge is 0.413 e. The monoisotopic (exact) mass is 927 g/mol. The van der Waals surface area contributed by atoms with Crippen LogP contribution in [-0.4, -0.2) is 70.3 Å². The number of carbonyl (C=O) groups excluding carboxylic acids is 3. The number of anilines is 2. The molecule has 364 valence electrons. The molecule has 2 aliphatic heterocycles. The van der Waals surface area contributed by atoms with E-state index in [0.29, 0.717) is 60.5 Å². The molecule has 0 aliphatic carbocycles. The van der Waals surface area contributed by atoms with Gasteiger partial charge in [0.25, 0.3) is 0 Å². The first-order valence-corrected chi connectivity index (χ1v) is 22.9. The van der Waals surface area contributed by atoms with Gasteiger partial charge in [0.05, 0.1) is 30.1 Å². The van der Waals surface area contributed by atoms with E-state index in [-0.39, 0.29) is 24.4 Å². The molecular weight excluding hydrogens is 857 g/mol. The number of alkyl carbamates (subject to hydrolysis) is 1. The van der Waals surface area contributed by atoms with E-state index in [2.05, 4.69) is 53.6 Å². The summed E-state index contributed by atoms with van der Waals surface area (Å²) in [5.74, 6) is 4.36. The maximum absolute atomic E-state index is 12.5. The summed E-state index contributed by atoms with van der Waals surface area (Å²) in [6.07, 6.45) is 2.80. The van der Waals surface area contributed by atoms with Crippen LogP contribution in [0.4, 0.5) is 26.0 Å². The third-order valence-corrected chi connectivity index (χ3v) is 10.0. The number of nitrogens with one attached hydrogen (secondary N) is 3. The first kappa shape index (κ1) is 51.7. The van der Waals surface area contributed by atoms with Crippen LogP contribution < -0.4 is 40.6 Å². The van der Waals surface area contributed by atoms with Gasteiger partial charge in [0.1, 0.15) is 66.7 Å². The van der Waals surface area contributed by atoms with Crippen molar-refractivity contribution in [3.8, 4) is 45.3 Å². The number of aromatic nitrogens is 2. The zero-order chi connectivity index (χ0) is 49.3. The molecule has 3 amide bonds. The summed E-state index contributed by atoms with van der Waals surface area (Å²) in [5.41, 5.74) is 10.4. The number of carbonyl (C=O) groups is 3. The number of nitrogens with two attached hydrogens (primary N) is 1. The molecule has 4 aromatic rings. The highest BCUT2D eigenvalue weighted by atomic mass is 16.6. The van der Waals surface area contributed by atoms with Crippen LogP contribution in [0.3, 0.4) is 0 Å². The minimum absolute atomic E-state index is 0.207. The Kier molecular flexibility index (Phi) is 17.0. The lowest BCUT2D eigenvalue weighted by atomic mass is 9.91. The summed E-state index contributed by atoms with van der Waals surface area (Å²) < 4.78 is 39.6. The van der Waals surface area contributed by atoms with E-state index in [0.717, 1.165) is 52.0 Å². The lowest BCUT2D eigenvalue weighted by Gasteiger charge is -2.33. The van der Waals surface area contributed by atoms with Gasteiger partial charge in [0, 0.05) is 27.8 Å². The number of benzene rings is 2. The molecule has 67 heavy (non-hydrogen) atoms. The molecule has 0 fully saturated rings. The first-order chi connectivity index (χ1) is 31.4. The Balaban J connectivity index is 0.000000256. The van der Waals surface area contributed by atoms with Gasteiger partial charge in [-0.1, -0.05) is 39.8 Å². The average molecular weight is 927 g/mol. The molecule has 0 spiro atoms. The maximum atomic E-state index is 12.5. The predicted octanol–water partition coefficient (Wildman–Crippen LogP) is 11.0. The molecule has 0 saturated carbocycles. The molecule has 5 N–H and O–H groups in total. The zero-order valence-corrected chi connectivity index (χ0v) is 41.4. The normalized spacial score (nSPS) is 14.2. The summed E-state index contributed by atoms with van der Waals surface area (Å²) >= 11 is 0. The van der Waals surface area contributed by atoms with Crippen molar-refractivity contribution in [2.45, 2.75) is 145 Å². The van der Waals surface area contributed by atoms with E-state index in [1.807, 2.05) is 71.0 Å². The second-order valence-electron chi connectivity index (χ2n) is 20.1. The van der Waals surface area contributed by atoms with Gasteiger partial charge in [-0.3, -0.25) is 10.6 Å². The number of rotatable bonds is 15. The summed E-state index contributed by atoms with van der Waals surface area (Å²) in [7, 11) is 0. The van der Waals surface area contributed by atoms with Gasteiger partial charge in [-0.05, 0) is 135 Å². The number of hydrogen-bond acceptors (Lipinski definition) is 13. The van der Waals surface area contributed by atoms with Crippen LogP contribution in [0.25, 0.3) is 22.3 Å². The van der Waals surface area contributed by atoms with Gasteiger partial charge in [-0.15, -0.1) is 0 Å². The third-order valence-electron chi connectivity index (χ3n) is 10.0. The fourth-order valence-electron chi connectivity index (χ4n) is 7.84. The maximum Gasteiger partial charge on any atom is 0.413 e. The van der Waals surface area contributed by atoms with Crippen molar-refractivity contribution in [3.05, 3.63) is 72.1 Å². The van der Waals surface area contributed by atoms with Gasteiger partial charge in [-0.25, -0.2) is 24.4 Å². The second-order valence-corrected chi connectivity index (χ2v) is 20.1. The molecule has 4 heterocycles. The van der Waals surface area contributed by atoms with E-state index in [1.165, 1.54) is 0 Å². The lowest BCUT2D eigenvalue weighted by Crippen LogP contribution is -2.52. The van der Waals surface area contributed by atoms with Crippen LogP contribution in [0, 0.1) is 11.8 Å². The fraction of sp³-hybridized carbons (Fsp3) is 0.510. The van der Waals surface area contributed by atoms with Crippen molar-refractivity contribution in [2.75, 3.05) is 23.8 Å². The van der Waals surface area contributed by atoms with Crippen molar-refractivity contribution < 1.29 is 47.5 Å². The minimum Gasteiger partial charge on any atom is -0.492 e. The number of nitrogens with zero attached hydrogens (tertiary/aromatic N) is 2. The number of fused-ring (bicyclic) bond motifs is 6. The quantitative estimate of drug-likeness (QED) is 0.0821. The van der Waals surface area contributed by atoms with Crippen molar-refractivity contribution in [1.82, 2.24) is 15.3 Å².